The number of benzene rings is 1. The smallest absolute Gasteiger partial charge is 0.141 e. The summed E-state index contributed by atoms with van der Waals surface area (Å²) in [4.78, 5) is 7.12. The first-order valence-electron chi connectivity index (χ1n) is 9.00. The molecule has 4 rings (SSSR count). The largest absolute Gasteiger partial charge is 0.496 e. The average molecular weight is 387 g/mol. The average Bonchev–Trinajstić information content (AvgIpc) is 3.11. The minimum atomic E-state index is 0.232. The molecule has 2 aromatic heterocycles. The molecule has 3 aromatic rings. The van der Waals surface area contributed by atoms with Crippen molar-refractivity contribution in [1.82, 2.24) is 9.38 Å². The molecule has 0 aliphatic carbocycles. The van der Waals surface area contributed by atoms with Crippen molar-refractivity contribution in [2.45, 2.75) is 18.9 Å². The SMILES string of the molecule is COc1cc(OC)c(-c2cn3ccc(N4CCCC(N)C4)cc3n2)cc1Cl. The minimum absolute atomic E-state index is 0.232. The van der Waals surface area contributed by atoms with E-state index in [4.69, 9.17) is 31.8 Å². The van der Waals surface area contributed by atoms with Gasteiger partial charge in [0.05, 0.1) is 24.9 Å². The van der Waals surface area contributed by atoms with Crippen LogP contribution in [0.15, 0.2) is 36.7 Å². The van der Waals surface area contributed by atoms with Crippen LogP contribution in [0.5, 0.6) is 11.5 Å². The van der Waals surface area contributed by atoms with E-state index in [1.807, 2.05) is 22.9 Å². The highest BCUT2D eigenvalue weighted by Crippen LogP contribution is 2.38. The molecule has 1 atom stereocenters. The second-order valence-corrected chi connectivity index (χ2v) is 7.22. The summed E-state index contributed by atoms with van der Waals surface area (Å²) in [6.45, 7) is 1.91. The Balaban J connectivity index is 1.73. The molecule has 27 heavy (non-hydrogen) atoms. The van der Waals surface area contributed by atoms with E-state index in [9.17, 15) is 0 Å². The summed E-state index contributed by atoms with van der Waals surface area (Å²) in [5.41, 5.74) is 9.77. The van der Waals surface area contributed by atoms with Gasteiger partial charge in [-0.3, -0.25) is 0 Å². The zero-order valence-corrected chi connectivity index (χ0v) is 16.2. The number of nitrogens with two attached hydrogens (primary N) is 1. The summed E-state index contributed by atoms with van der Waals surface area (Å²) >= 11 is 6.31. The van der Waals surface area contributed by atoms with Gasteiger partial charge in [0.2, 0.25) is 0 Å². The monoisotopic (exact) mass is 386 g/mol. The number of ether oxygens (including phenoxy) is 2. The Hall–Kier alpha value is -2.44. The first kappa shape index (κ1) is 17.9. The molecular weight excluding hydrogens is 364 g/mol. The van der Waals surface area contributed by atoms with Crippen molar-refractivity contribution in [2.24, 2.45) is 5.73 Å². The van der Waals surface area contributed by atoms with Crippen molar-refractivity contribution in [3.63, 3.8) is 0 Å². The molecule has 1 saturated heterocycles. The third-order valence-corrected chi connectivity index (χ3v) is 5.31. The number of imidazole rings is 1. The Morgan fingerprint density at radius 2 is 2.00 bits per heavy atom. The van der Waals surface area contributed by atoms with Crippen molar-refractivity contribution >= 4 is 22.9 Å². The van der Waals surface area contributed by atoms with Crippen LogP contribution in [-0.4, -0.2) is 42.7 Å². The fourth-order valence-electron chi connectivity index (χ4n) is 3.60. The van der Waals surface area contributed by atoms with Gasteiger partial charge in [0.15, 0.2) is 0 Å². The molecule has 7 heteroatoms. The lowest BCUT2D eigenvalue weighted by molar-refractivity contribution is 0.395. The van der Waals surface area contributed by atoms with Crippen molar-refractivity contribution < 1.29 is 9.47 Å². The predicted molar refractivity (Wildman–Crippen MR) is 108 cm³/mol. The van der Waals surface area contributed by atoms with E-state index >= 15 is 0 Å². The van der Waals surface area contributed by atoms with Crippen molar-refractivity contribution in [3.05, 3.63) is 41.7 Å². The van der Waals surface area contributed by atoms with Crippen LogP contribution in [0.1, 0.15) is 12.8 Å². The van der Waals surface area contributed by atoms with Crippen LogP contribution < -0.4 is 20.1 Å². The molecule has 0 bridgehead atoms. The molecule has 0 amide bonds. The summed E-state index contributed by atoms with van der Waals surface area (Å²) in [7, 11) is 3.21. The minimum Gasteiger partial charge on any atom is -0.496 e. The number of methoxy groups -OCH3 is 2. The van der Waals surface area contributed by atoms with Gasteiger partial charge < -0.3 is 24.5 Å². The lowest BCUT2D eigenvalue weighted by Crippen LogP contribution is -2.42. The van der Waals surface area contributed by atoms with E-state index in [1.165, 1.54) is 0 Å². The Labute approximate surface area is 163 Å². The van der Waals surface area contributed by atoms with E-state index in [0.29, 0.717) is 16.5 Å². The van der Waals surface area contributed by atoms with E-state index in [1.54, 1.807) is 20.3 Å². The summed E-state index contributed by atoms with van der Waals surface area (Å²) < 4.78 is 12.8. The van der Waals surface area contributed by atoms with Crippen LogP contribution in [0.4, 0.5) is 5.69 Å². The number of piperidine rings is 1. The number of nitrogens with zero attached hydrogens (tertiary/aromatic N) is 3. The number of anilines is 1. The third-order valence-electron chi connectivity index (χ3n) is 5.02. The maximum atomic E-state index is 6.31. The zero-order valence-electron chi connectivity index (χ0n) is 15.5. The highest BCUT2D eigenvalue weighted by molar-refractivity contribution is 6.32. The van der Waals surface area contributed by atoms with Crippen molar-refractivity contribution in [3.8, 4) is 22.8 Å². The van der Waals surface area contributed by atoms with E-state index < -0.39 is 0 Å². The Morgan fingerprint density at radius 3 is 2.74 bits per heavy atom. The lowest BCUT2D eigenvalue weighted by Gasteiger charge is -2.32. The number of rotatable bonds is 4. The maximum Gasteiger partial charge on any atom is 0.141 e. The topological polar surface area (TPSA) is 65.0 Å². The summed E-state index contributed by atoms with van der Waals surface area (Å²) in [6, 6.07) is 8.04. The van der Waals surface area contributed by atoms with Gasteiger partial charge in [-0.2, -0.15) is 0 Å². The van der Waals surface area contributed by atoms with E-state index in [0.717, 1.165) is 48.5 Å². The predicted octanol–water partition coefficient (Wildman–Crippen LogP) is 3.60. The molecule has 1 unspecified atom stereocenters. The fraction of sp³-hybridized carbons (Fsp3) is 0.350. The Morgan fingerprint density at radius 1 is 1.19 bits per heavy atom. The van der Waals surface area contributed by atoms with Crippen LogP contribution in [-0.2, 0) is 0 Å². The number of halogens is 1. The van der Waals surface area contributed by atoms with Crippen molar-refractivity contribution in [1.29, 1.82) is 0 Å². The maximum absolute atomic E-state index is 6.31. The zero-order chi connectivity index (χ0) is 19.0. The number of pyridine rings is 1. The Bertz CT molecular complexity index is 972. The normalized spacial score (nSPS) is 17.3. The van der Waals surface area contributed by atoms with Gasteiger partial charge in [-0.05, 0) is 25.0 Å². The number of aromatic nitrogens is 2. The second-order valence-electron chi connectivity index (χ2n) is 6.81. The highest BCUT2D eigenvalue weighted by atomic mass is 35.5. The van der Waals surface area contributed by atoms with Crippen LogP contribution in [0, 0.1) is 0 Å². The van der Waals surface area contributed by atoms with E-state index in [-0.39, 0.29) is 6.04 Å². The van der Waals surface area contributed by atoms with Gasteiger partial charge >= 0.3 is 0 Å². The van der Waals surface area contributed by atoms with Crippen LogP contribution in [0.2, 0.25) is 5.02 Å². The number of hydrogen-bond acceptors (Lipinski definition) is 5. The van der Waals surface area contributed by atoms with Crippen LogP contribution in [0.25, 0.3) is 16.9 Å². The molecule has 0 saturated carbocycles. The molecule has 1 fully saturated rings. The molecule has 0 spiro atoms. The van der Waals surface area contributed by atoms with Crippen LogP contribution >= 0.6 is 11.6 Å². The number of fused-ring (bicyclic) bond motifs is 1. The summed E-state index contributed by atoms with van der Waals surface area (Å²) in [5, 5.41) is 0.522. The van der Waals surface area contributed by atoms with Gasteiger partial charge in [0, 0.05) is 54.9 Å². The molecule has 1 aliphatic rings. The molecule has 2 N–H and O–H groups in total. The second kappa shape index (κ2) is 7.29. The fourth-order valence-corrected chi connectivity index (χ4v) is 3.84. The molecule has 6 nitrogen and oxygen atoms in total. The molecular formula is C20H23ClN4O2. The first-order valence-corrected chi connectivity index (χ1v) is 9.38. The molecule has 1 aromatic carbocycles. The van der Waals surface area contributed by atoms with Gasteiger partial charge in [0.25, 0.3) is 0 Å². The highest BCUT2D eigenvalue weighted by Gasteiger charge is 2.18. The molecule has 3 heterocycles. The summed E-state index contributed by atoms with van der Waals surface area (Å²) in [6.07, 6.45) is 6.21. The quantitative estimate of drug-likeness (QED) is 0.742. The number of hydrogen-bond donors (Lipinski definition) is 1. The van der Waals surface area contributed by atoms with Crippen molar-refractivity contribution in [2.75, 3.05) is 32.2 Å². The molecule has 1 aliphatic heterocycles. The van der Waals surface area contributed by atoms with Crippen LogP contribution in [0.3, 0.4) is 0 Å². The standard InChI is InChI=1S/C20H23ClN4O2/c1-26-18-10-19(27-2)16(21)9-15(18)17-12-25-7-5-14(8-20(25)23-17)24-6-3-4-13(22)11-24/h5,7-10,12-13H,3-4,6,11,22H2,1-2H3. The van der Waals surface area contributed by atoms with Gasteiger partial charge in [-0.1, -0.05) is 11.6 Å². The lowest BCUT2D eigenvalue weighted by atomic mass is 10.1. The first-order chi connectivity index (χ1) is 13.1. The van der Waals surface area contributed by atoms with Gasteiger partial charge in [0.1, 0.15) is 17.1 Å². The van der Waals surface area contributed by atoms with E-state index in [2.05, 4.69) is 17.0 Å². The molecule has 142 valence electrons. The van der Waals surface area contributed by atoms with Gasteiger partial charge in [-0.15, -0.1) is 0 Å². The third kappa shape index (κ3) is 3.42. The Kier molecular flexibility index (Phi) is 4.85. The molecule has 0 radical (unpaired) electrons. The van der Waals surface area contributed by atoms with Gasteiger partial charge in [-0.25, -0.2) is 4.98 Å². The summed E-state index contributed by atoms with van der Waals surface area (Å²) in [5.74, 6) is 1.24.